The second-order valence-corrected chi connectivity index (χ2v) is 11.9. The van der Waals surface area contributed by atoms with Crippen LogP contribution in [0.3, 0.4) is 0 Å². The van der Waals surface area contributed by atoms with Gasteiger partial charge >= 0.3 is 0 Å². The molecule has 0 saturated heterocycles. The molecular weight excluding hydrogens is 388 g/mol. The molecule has 4 aliphatic carbocycles. The van der Waals surface area contributed by atoms with Crippen LogP contribution < -0.4 is 0 Å². The molecule has 4 saturated carbocycles. The summed E-state index contributed by atoms with van der Waals surface area (Å²) in [5.74, 6) is 6.54. The van der Waals surface area contributed by atoms with E-state index in [0.717, 1.165) is 54.8 Å². The van der Waals surface area contributed by atoms with Gasteiger partial charge in [0.15, 0.2) is 0 Å². The summed E-state index contributed by atoms with van der Waals surface area (Å²) in [5, 5.41) is 23.1. The Morgan fingerprint density at radius 1 is 1.10 bits per heavy atom. The van der Waals surface area contributed by atoms with Crippen molar-refractivity contribution in [1.29, 1.82) is 0 Å². The molecule has 4 aliphatic rings. The van der Waals surface area contributed by atoms with Crippen molar-refractivity contribution in [3.05, 3.63) is 5.82 Å². The molecule has 0 radical (unpaired) electrons. The van der Waals surface area contributed by atoms with Gasteiger partial charge in [-0.1, -0.05) is 13.8 Å². The largest absolute Gasteiger partial charge is 0.387 e. The van der Waals surface area contributed by atoms with Gasteiger partial charge in [-0.05, 0) is 122 Å². The zero-order valence-corrected chi connectivity index (χ0v) is 20.0. The van der Waals surface area contributed by atoms with Gasteiger partial charge in [-0.15, -0.1) is 5.10 Å². The molecule has 1 unspecified atom stereocenters. The van der Waals surface area contributed by atoms with Crippen LogP contribution in [-0.2, 0) is 11.3 Å². The lowest BCUT2D eigenvalue weighted by Gasteiger charge is -2.57. The molecule has 6 heteroatoms. The summed E-state index contributed by atoms with van der Waals surface area (Å²) in [7, 11) is 1.72. The van der Waals surface area contributed by atoms with Crippen LogP contribution in [0.4, 0.5) is 0 Å². The third-order valence-electron chi connectivity index (χ3n) is 10.4. The summed E-state index contributed by atoms with van der Waals surface area (Å²) >= 11 is 0. The fourth-order valence-electron chi connectivity index (χ4n) is 9.16. The minimum absolute atomic E-state index is 0.473. The van der Waals surface area contributed by atoms with Crippen molar-refractivity contribution in [3.8, 4) is 0 Å². The number of ether oxygens (including phenoxy) is 1. The maximum absolute atomic E-state index is 11.0. The fraction of sp³-hybridized carbons (Fsp3) is 0.960. The number of aryl methyl sites for hydroxylation is 1. The summed E-state index contributed by atoms with van der Waals surface area (Å²) in [5.41, 5.74) is -0.102. The van der Waals surface area contributed by atoms with E-state index >= 15 is 0 Å². The van der Waals surface area contributed by atoms with Crippen LogP contribution in [0.1, 0.15) is 77.5 Å². The van der Waals surface area contributed by atoms with E-state index in [1.54, 1.807) is 7.11 Å². The SMILES string of the molecule is COC[C@@]1(O)CC[C@H]2[C@@H](CC[C@@H]3[C@@H]2CC[C@]2(C)[C@@H](C(C)Cn4nnnc4C)CC[C@@H]32)C1. The summed E-state index contributed by atoms with van der Waals surface area (Å²) in [6.45, 7) is 8.51. The van der Waals surface area contributed by atoms with Crippen molar-refractivity contribution in [2.75, 3.05) is 13.7 Å². The van der Waals surface area contributed by atoms with E-state index in [4.69, 9.17) is 4.74 Å². The minimum atomic E-state index is -0.575. The van der Waals surface area contributed by atoms with Crippen LogP contribution in [0.2, 0.25) is 0 Å². The number of nitrogens with zero attached hydrogens (tertiary/aromatic N) is 4. The van der Waals surface area contributed by atoms with Gasteiger partial charge in [-0.2, -0.15) is 0 Å². The molecule has 4 fully saturated rings. The first-order chi connectivity index (χ1) is 14.8. The van der Waals surface area contributed by atoms with Crippen molar-refractivity contribution in [2.24, 2.45) is 46.8 Å². The number of hydrogen-bond acceptors (Lipinski definition) is 5. The molecule has 174 valence electrons. The Kier molecular flexibility index (Phi) is 5.69. The molecule has 0 spiro atoms. The average molecular weight is 431 g/mol. The number of aromatic nitrogens is 4. The molecule has 5 rings (SSSR count). The molecule has 31 heavy (non-hydrogen) atoms. The third-order valence-corrected chi connectivity index (χ3v) is 10.4. The van der Waals surface area contributed by atoms with Gasteiger partial charge in [0.2, 0.25) is 0 Å². The van der Waals surface area contributed by atoms with Crippen LogP contribution in [0.5, 0.6) is 0 Å². The molecule has 1 N–H and O–H groups in total. The molecule has 0 aromatic carbocycles. The minimum Gasteiger partial charge on any atom is -0.387 e. The van der Waals surface area contributed by atoms with Crippen LogP contribution in [-0.4, -0.2) is 44.6 Å². The van der Waals surface area contributed by atoms with E-state index in [9.17, 15) is 5.11 Å². The first-order valence-electron chi connectivity index (χ1n) is 12.8. The number of fused-ring (bicyclic) bond motifs is 5. The average Bonchev–Trinajstić information content (AvgIpc) is 3.30. The Hall–Kier alpha value is -1.01. The molecule has 9 atom stereocenters. The molecule has 6 nitrogen and oxygen atoms in total. The van der Waals surface area contributed by atoms with Gasteiger partial charge in [0.25, 0.3) is 0 Å². The van der Waals surface area contributed by atoms with Crippen LogP contribution in [0, 0.1) is 53.8 Å². The number of hydrogen-bond donors (Lipinski definition) is 1. The lowest BCUT2D eigenvalue weighted by Crippen LogP contribution is -2.52. The van der Waals surface area contributed by atoms with Crippen molar-refractivity contribution >= 4 is 0 Å². The monoisotopic (exact) mass is 430 g/mol. The number of aliphatic hydroxyl groups is 1. The van der Waals surface area contributed by atoms with E-state index < -0.39 is 5.60 Å². The first-order valence-corrected chi connectivity index (χ1v) is 12.8. The number of methoxy groups -OCH3 is 1. The van der Waals surface area contributed by atoms with E-state index in [-0.39, 0.29) is 0 Å². The van der Waals surface area contributed by atoms with Crippen LogP contribution in [0.15, 0.2) is 0 Å². The van der Waals surface area contributed by atoms with Gasteiger partial charge in [0.05, 0.1) is 12.2 Å². The maximum Gasteiger partial charge on any atom is 0.148 e. The lowest BCUT2D eigenvalue weighted by molar-refractivity contribution is -0.126. The van der Waals surface area contributed by atoms with Gasteiger partial charge in [0.1, 0.15) is 5.82 Å². The molecule has 1 aromatic heterocycles. The highest BCUT2D eigenvalue weighted by Gasteiger charge is 2.58. The molecule has 1 heterocycles. The first kappa shape index (κ1) is 21.8. The van der Waals surface area contributed by atoms with E-state index in [1.165, 1.54) is 44.9 Å². The van der Waals surface area contributed by atoms with E-state index in [1.807, 2.05) is 11.6 Å². The summed E-state index contributed by atoms with van der Waals surface area (Å²) in [4.78, 5) is 0. The number of tetrazole rings is 1. The third kappa shape index (κ3) is 3.66. The van der Waals surface area contributed by atoms with Gasteiger partial charge < -0.3 is 9.84 Å². The topological polar surface area (TPSA) is 73.1 Å². The van der Waals surface area contributed by atoms with Crippen molar-refractivity contribution in [3.63, 3.8) is 0 Å². The fourth-order valence-corrected chi connectivity index (χ4v) is 9.16. The van der Waals surface area contributed by atoms with Gasteiger partial charge in [0, 0.05) is 13.7 Å². The molecule has 0 amide bonds. The van der Waals surface area contributed by atoms with Gasteiger partial charge in [-0.25, -0.2) is 4.68 Å². The summed E-state index contributed by atoms with van der Waals surface area (Å²) in [6, 6.07) is 0. The van der Waals surface area contributed by atoms with Crippen LogP contribution >= 0.6 is 0 Å². The van der Waals surface area contributed by atoms with Gasteiger partial charge in [-0.3, -0.25) is 0 Å². The zero-order chi connectivity index (χ0) is 21.8. The lowest BCUT2D eigenvalue weighted by atomic mass is 9.48. The quantitative estimate of drug-likeness (QED) is 0.755. The molecule has 0 aliphatic heterocycles. The Balaban J connectivity index is 1.29. The highest BCUT2D eigenvalue weighted by molar-refractivity contribution is 5.07. The Morgan fingerprint density at radius 2 is 1.90 bits per heavy atom. The smallest absolute Gasteiger partial charge is 0.148 e. The predicted molar refractivity (Wildman–Crippen MR) is 119 cm³/mol. The molecule has 1 aromatic rings. The van der Waals surface area contributed by atoms with Crippen molar-refractivity contribution in [1.82, 2.24) is 20.2 Å². The highest BCUT2D eigenvalue weighted by Crippen LogP contribution is 2.65. The highest BCUT2D eigenvalue weighted by atomic mass is 16.5. The molecular formula is C25H42N4O2. The van der Waals surface area contributed by atoms with Crippen LogP contribution in [0.25, 0.3) is 0 Å². The Labute approximate surface area is 187 Å². The Bertz CT molecular complexity index is 783. The second-order valence-electron chi connectivity index (χ2n) is 11.9. The number of rotatable bonds is 5. The van der Waals surface area contributed by atoms with E-state index in [0.29, 0.717) is 23.9 Å². The normalized spacial score (nSPS) is 45.6. The van der Waals surface area contributed by atoms with Crippen molar-refractivity contribution < 1.29 is 9.84 Å². The standard InChI is InChI=1S/C25H42N4O2/c1-16(14-29-17(2)26-27-28-29)22-7-8-23-21-6-5-18-13-25(30,15-31-4)12-10-19(18)20(21)9-11-24(22,23)3/h16,18-23,30H,5-15H2,1-4H3/t16?,18-,19-,20+,21+,22+,23-,24+,25+/m0/s1. The Morgan fingerprint density at radius 3 is 2.65 bits per heavy atom. The van der Waals surface area contributed by atoms with Crippen molar-refractivity contribution in [2.45, 2.75) is 90.7 Å². The maximum atomic E-state index is 11.0. The summed E-state index contributed by atoms with van der Waals surface area (Å²) in [6.07, 6.45) is 11.3. The summed E-state index contributed by atoms with van der Waals surface area (Å²) < 4.78 is 7.36. The second kappa shape index (κ2) is 8.09. The van der Waals surface area contributed by atoms with E-state index in [2.05, 4.69) is 29.4 Å². The predicted octanol–water partition coefficient (Wildman–Crippen LogP) is 4.26. The molecule has 0 bridgehead atoms. The zero-order valence-electron chi connectivity index (χ0n) is 20.0.